The molecule has 0 N–H and O–H groups in total. The Balaban J connectivity index is 2.02. The van der Waals surface area contributed by atoms with Gasteiger partial charge in [0.05, 0.1) is 11.6 Å². The van der Waals surface area contributed by atoms with E-state index in [-0.39, 0.29) is 0 Å². The van der Waals surface area contributed by atoms with Gasteiger partial charge in [-0.15, -0.1) is 0 Å². The number of nitrogens with zero attached hydrogens (tertiary/aromatic N) is 1. The molecule has 0 unspecified atom stereocenters. The van der Waals surface area contributed by atoms with E-state index in [2.05, 4.69) is 25.1 Å². The molecule has 0 aliphatic heterocycles. The third-order valence-electron chi connectivity index (χ3n) is 2.49. The highest BCUT2D eigenvalue weighted by Gasteiger charge is 1.97. The molecule has 0 spiro atoms. The SMILES string of the molecule is Cc1ccc(COc2cccc(C#N)c2)cc1. The molecule has 2 heteroatoms. The van der Waals surface area contributed by atoms with Crippen molar-refractivity contribution in [1.29, 1.82) is 5.26 Å². The van der Waals surface area contributed by atoms with Gasteiger partial charge in [-0.1, -0.05) is 35.9 Å². The van der Waals surface area contributed by atoms with E-state index in [1.807, 2.05) is 24.3 Å². The summed E-state index contributed by atoms with van der Waals surface area (Å²) in [5.74, 6) is 0.727. The van der Waals surface area contributed by atoms with E-state index in [4.69, 9.17) is 10.00 Å². The van der Waals surface area contributed by atoms with Crippen LogP contribution in [0.3, 0.4) is 0 Å². The number of nitriles is 1. The Morgan fingerprint density at radius 2 is 1.88 bits per heavy atom. The van der Waals surface area contributed by atoms with Crippen molar-refractivity contribution < 1.29 is 4.74 Å². The number of aryl methyl sites for hydroxylation is 1. The predicted octanol–water partition coefficient (Wildman–Crippen LogP) is 3.45. The van der Waals surface area contributed by atoms with Gasteiger partial charge in [0.1, 0.15) is 12.4 Å². The summed E-state index contributed by atoms with van der Waals surface area (Å²) in [6.45, 7) is 2.58. The van der Waals surface area contributed by atoms with Gasteiger partial charge in [0.2, 0.25) is 0 Å². The maximum Gasteiger partial charge on any atom is 0.121 e. The molecule has 0 amide bonds. The summed E-state index contributed by atoms with van der Waals surface area (Å²) in [6, 6.07) is 17.5. The van der Waals surface area contributed by atoms with Crippen molar-refractivity contribution in [2.24, 2.45) is 0 Å². The molecule has 0 saturated heterocycles. The van der Waals surface area contributed by atoms with Crippen LogP contribution in [0.15, 0.2) is 48.5 Å². The standard InChI is InChI=1S/C15H13NO/c1-12-5-7-13(8-6-12)11-17-15-4-2-3-14(9-15)10-16/h2-9H,11H2,1H3. The first-order valence-corrected chi connectivity index (χ1v) is 5.46. The summed E-state index contributed by atoms with van der Waals surface area (Å²) in [5, 5.41) is 8.77. The zero-order chi connectivity index (χ0) is 12.1. The van der Waals surface area contributed by atoms with Crippen molar-refractivity contribution >= 4 is 0 Å². The van der Waals surface area contributed by atoms with Gasteiger partial charge >= 0.3 is 0 Å². The summed E-state index contributed by atoms with van der Waals surface area (Å²) >= 11 is 0. The van der Waals surface area contributed by atoms with Crippen LogP contribution in [-0.2, 0) is 6.61 Å². The van der Waals surface area contributed by atoms with Crippen LogP contribution < -0.4 is 4.74 Å². The lowest BCUT2D eigenvalue weighted by Crippen LogP contribution is -1.95. The Kier molecular flexibility index (Phi) is 3.42. The molecule has 0 aliphatic rings. The molecule has 2 aromatic rings. The van der Waals surface area contributed by atoms with Crippen LogP contribution in [0.1, 0.15) is 16.7 Å². The Bertz CT molecular complexity index is 538. The molecule has 0 saturated carbocycles. The van der Waals surface area contributed by atoms with E-state index >= 15 is 0 Å². The Morgan fingerprint density at radius 1 is 1.12 bits per heavy atom. The summed E-state index contributed by atoms with van der Waals surface area (Å²) in [7, 11) is 0. The molecule has 17 heavy (non-hydrogen) atoms. The van der Waals surface area contributed by atoms with Gasteiger partial charge in [-0.05, 0) is 30.7 Å². The first-order chi connectivity index (χ1) is 8.28. The van der Waals surface area contributed by atoms with Crippen molar-refractivity contribution in [3.05, 3.63) is 65.2 Å². The number of ether oxygens (including phenoxy) is 1. The second kappa shape index (κ2) is 5.18. The van der Waals surface area contributed by atoms with Gasteiger partial charge < -0.3 is 4.74 Å². The lowest BCUT2D eigenvalue weighted by atomic mass is 10.2. The highest BCUT2D eigenvalue weighted by atomic mass is 16.5. The summed E-state index contributed by atoms with van der Waals surface area (Å²) in [4.78, 5) is 0. The fourth-order valence-electron chi connectivity index (χ4n) is 1.51. The van der Waals surface area contributed by atoms with Crippen molar-refractivity contribution in [3.63, 3.8) is 0 Å². The maximum absolute atomic E-state index is 8.77. The third-order valence-corrected chi connectivity index (χ3v) is 2.49. The summed E-state index contributed by atoms with van der Waals surface area (Å²) in [6.07, 6.45) is 0. The molecule has 0 radical (unpaired) electrons. The zero-order valence-electron chi connectivity index (χ0n) is 9.68. The molecular weight excluding hydrogens is 210 g/mol. The van der Waals surface area contributed by atoms with Crippen LogP contribution in [-0.4, -0.2) is 0 Å². The quantitative estimate of drug-likeness (QED) is 0.798. The maximum atomic E-state index is 8.77. The molecular formula is C15H13NO. The van der Waals surface area contributed by atoms with Crippen LogP contribution >= 0.6 is 0 Å². The van der Waals surface area contributed by atoms with Crippen LogP contribution in [0, 0.1) is 18.3 Å². The first kappa shape index (κ1) is 11.2. The lowest BCUT2D eigenvalue weighted by molar-refractivity contribution is 0.306. The van der Waals surface area contributed by atoms with Gasteiger partial charge in [0, 0.05) is 0 Å². The van der Waals surface area contributed by atoms with Gasteiger partial charge in [-0.25, -0.2) is 0 Å². The monoisotopic (exact) mass is 223 g/mol. The fraction of sp³-hybridized carbons (Fsp3) is 0.133. The number of rotatable bonds is 3. The number of benzene rings is 2. The minimum atomic E-state index is 0.523. The van der Waals surface area contributed by atoms with Crippen LogP contribution in [0.25, 0.3) is 0 Å². The second-order valence-electron chi connectivity index (χ2n) is 3.91. The highest BCUT2D eigenvalue weighted by molar-refractivity contribution is 5.36. The van der Waals surface area contributed by atoms with Crippen molar-refractivity contribution in [1.82, 2.24) is 0 Å². The molecule has 84 valence electrons. The highest BCUT2D eigenvalue weighted by Crippen LogP contribution is 2.14. The predicted molar refractivity (Wildman–Crippen MR) is 66.7 cm³/mol. The van der Waals surface area contributed by atoms with E-state index in [0.29, 0.717) is 12.2 Å². The van der Waals surface area contributed by atoms with Crippen molar-refractivity contribution in [3.8, 4) is 11.8 Å². The molecule has 0 aromatic heterocycles. The molecule has 0 heterocycles. The average Bonchev–Trinajstić information content (AvgIpc) is 2.38. The zero-order valence-corrected chi connectivity index (χ0v) is 9.68. The Hall–Kier alpha value is -2.27. The normalized spacial score (nSPS) is 9.65. The summed E-state index contributed by atoms with van der Waals surface area (Å²) in [5.41, 5.74) is 2.98. The second-order valence-corrected chi connectivity index (χ2v) is 3.91. The van der Waals surface area contributed by atoms with Crippen molar-refractivity contribution in [2.75, 3.05) is 0 Å². The molecule has 0 bridgehead atoms. The Morgan fingerprint density at radius 3 is 2.59 bits per heavy atom. The minimum Gasteiger partial charge on any atom is -0.489 e. The van der Waals surface area contributed by atoms with Gasteiger partial charge in [0.15, 0.2) is 0 Å². The molecule has 0 aliphatic carbocycles. The van der Waals surface area contributed by atoms with Gasteiger partial charge in [0.25, 0.3) is 0 Å². The largest absolute Gasteiger partial charge is 0.489 e. The van der Waals surface area contributed by atoms with E-state index in [1.165, 1.54) is 5.56 Å². The van der Waals surface area contributed by atoms with E-state index in [1.54, 1.807) is 12.1 Å². The topological polar surface area (TPSA) is 33.0 Å². The van der Waals surface area contributed by atoms with E-state index in [9.17, 15) is 0 Å². The number of hydrogen-bond donors (Lipinski definition) is 0. The molecule has 0 fully saturated rings. The van der Waals surface area contributed by atoms with Crippen molar-refractivity contribution in [2.45, 2.75) is 13.5 Å². The van der Waals surface area contributed by atoms with Crippen LogP contribution in [0.4, 0.5) is 0 Å². The number of hydrogen-bond acceptors (Lipinski definition) is 2. The molecule has 2 aromatic carbocycles. The van der Waals surface area contributed by atoms with Gasteiger partial charge in [-0.2, -0.15) is 5.26 Å². The molecule has 2 nitrogen and oxygen atoms in total. The Labute approximate surface area is 101 Å². The van der Waals surface area contributed by atoms with E-state index < -0.39 is 0 Å². The smallest absolute Gasteiger partial charge is 0.121 e. The molecule has 2 rings (SSSR count). The third kappa shape index (κ3) is 3.09. The van der Waals surface area contributed by atoms with Gasteiger partial charge in [-0.3, -0.25) is 0 Å². The van der Waals surface area contributed by atoms with Crippen LogP contribution in [0.5, 0.6) is 5.75 Å². The average molecular weight is 223 g/mol. The van der Waals surface area contributed by atoms with Crippen LogP contribution in [0.2, 0.25) is 0 Å². The first-order valence-electron chi connectivity index (χ1n) is 5.46. The minimum absolute atomic E-state index is 0.523. The fourth-order valence-corrected chi connectivity index (χ4v) is 1.51. The lowest BCUT2D eigenvalue weighted by Gasteiger charge is -2.06. The summed E-state index contributed by atoms with van der Waals surface area (Å²) < 4.78 is 5.62. The van der Waals surface area contributed by atoms with E-state index in [0.717, 1.165) is 11.3 Å². The molecule has 0 atom stereocenters.